The van der Waals surface area contributed by atoms with Crippen LogP contribution in [0.4, 0.5) is 6.01 Å². The number of morpholine rings is 1. The van der Waals surface area contributed by atoms with Crippen molar-refractivity contribution in [1.82, 2.24) is 19.9 Å². The first-order valence-corrected chi connectivity index (χ1v) is 11.4. The van der Waals surface area contributed by atoms with Crippen molar-refractivity contribution in [3.05, 3.63) is 5.82 Å². The lowest BCUT2D eigenvalue weighted by molar-refractivity contribution is -0.134. The van der Waals surface area contributed by atoms with E-state index in [9.17, 15) is 4.79 Å². The molecule has 1 amide bonds. The van der Waals surface area contributed by atoms with Crippen LogP contribution in [0.25, 0.3) is 0 Å². The van der Waals surface area contributed by atoms with Gasteiger partial charge in [-0.3, -0.25) is 9.69 Å². The molecule has 4 aliphatic heterocycles. The number of nitrogens with zero attached hydrogens (tertiary/aromatic N) is 5. The monoisotopic (exact) mass is 401 g/mol. The molecule has 5 heterocycles. The molecular formula is C21H31N5O3. The summed E-state index contributed by atoms with van der Waals surface area (Å²) in [5, 5.41) is 3.98. The highest BCUT2D eigenvalue weighted by Gasteiger charge is 2.61. The standard InChI is InChI=1S/C21H31N5O3/c1-13-22-21(29-23-13)26-15-7-14(8-16(26)12-28-11-15)25-9-17-18(10-25)19(17)20(27)24-5-3-2-4-6-24/h14-19H,2-12H2,1H3/t14?,15?,16?,17-,18+,19+. The fraction of sp³-hybridized carbons (Fsp3) is 0.857. The molecule has 29 heavy (non-hydrogen) atoms. The maximum Gasteiger partial charge on any atom is 0.324 e. The number of anilines is 1. The van der Waals surface area contributed by atoms with Gasteiger partial charge in [0, 0.05) is 38.1 Å². The van der Waals surface area contributed by atoms with Crippen molar-refractivity contribution < 1.29 is 14.1 Å². The second-order valence-corrected chi connectivity index (χ2v) is 9.70. The summed E-state index contributed by atoms with van der Waals surface area (Å²) in [5.41, 5.74) is 0. The van der Waals surface area contributed by atoms with E-state index in [1.807, 2.05) is 6.92 Å². The fourth-order valence-corrected chi connectivity index (χ4v) is 6.44. The van der Waals surface area contributed by atoms with Gasteiger partial charge in [-0.15, -0.1) is 0 Å². The molecule has 6 rings (SSSR count). The Hall–Kier alpha value is -1.67. The van der Waals surface area contributed by atoms with Crippen molar-refractivity contribution in [3.63, 3.8) is 0 Å². The highest BCUT2D eigenvalue weighted by molar-refractivity contribution is 5.82. The van der Waals surface area contributed by atoms with Crippen LogP contribution in [0.3, 0.4) is 0 Å². The maximum atomic E-state index is 12.9. The number of amides is 1. The van der Waals surface area contributed by atoms with Gasteiger partial charge in [0.1, 0.15) is 0 Å². The first-order chi connectivity index (χ1) is 14.2. The third kappa shape index (κ3) is 3.06. The van der Waals surface area contributed by atoms with Crippen molar-refractivity contribution in [2.24, 2.45) is 17.8 Å². The molecule has 5 aliphatic rings. The van der Waals surface area contributed by atoms with Gasteiger partial charge in [-0.25, -0.2) is 0 Å². The largest absolute Gasteiger partial charge is 0.377 e. The van der Waals surface area contributed by atoms with E-state index in [4.69, 9.17) is 9.26 Å². The Morgan fingerprint density at radius 1 is 1.00 bits per heavy atom. The second-order valence-electron chi connectivity index (χ2n) is 9.70. The summed E-state index contributed by atoms with van der Waals surface area (Å²) in [6.45, 7) is 7.48. The molecule has 8 heteroatoms. The summed E-state index contributed by atoms with van der Waals surface area (Å²) >= 11 is 0. The highest BCUT2D eigenvalue weighted by Crippen LogP contribution is 2.54. The molecule has 5 fully saturated rings. The van der Waals surface area contributed by atoms with Gasteiger partial charge >= 0.3 is 6.01 Å². The molecule has 8 nitrogen and oxygen atoms in total. The molecular weight excluding hydrogens is 370 g/mol. The third-order valence-electron chi connectivity index (χ3n) is 7.92. The number of aryl methyl sites for hydroxylation is 1. The molecule has 5 atom stereocenters. The van der Waals surface area contributed by atoms with E-state index >= 15 is 0 Å². The number of carbonyl (C=O) groups is 1. The first-order valence-electron chi connectivity index (χ1n) is 11.4. The van der Waals surface area contributed by atoms with Crippen molar-refractivity contribution in [2.75, 3.05) is 44.3 Å². The van der Waals surface area contributed by atoms with Crippen molar-refractivity contribution in [1.29, 1.82) is 0 Å². The molecule has 1 aromatic rings. The minimum absolute atomic E-state index is 0.301. The van der Waals surface area contributed by atoms with E-state index in [2.05, 4.69) is 24.8 Å². The fourth-order valence-electron chi connectivity index (χ4n) is 6.44. The van der Waals surface area contributed by atoms with E-state index in [1.165, 1.54) is 19.3 Å². The molecule has 1 aliphatic carbocycles. The molecule has 4 saturated heterocycles. The maximum absolute atomic E-state index is 12.9. The molecule has 158 valence electrons. The van der Waals surface area contributed by atoms with Crippen LogP contribution in [0.1, 0.15) is 37.9 Å². The lowest BCUT2D eigenvalue weighted by atomic mass is 9.89. The number of rotatable bonds is 3. The molecule has 0 aromatic carbocycles. The van der Waals surface area contributed by atoms with E-state index in [0.29, 0.717) is 53.6 Å². The van der Waals surface area contributed by atoms with Gasteiger partial charge in [0.25, 0.3) is 0 Å². The van der Waals surface area contributed by atoms with E-state index in [-0.39, 0.29) is 0 Å². The van der Waals surface area contributed by atoms with Crippen LogP contribution in [-0.4, -0.2) is 83.4 Å². The second kappa shape index (κ2) is 6.94. The zero-order chi connectivity index (χ0) is 19.5. The molecule has 1 saturated carbocycles. The topological polar surface area (TPSA) is 74.9 Å². The van der Waals surface area contributed by atoms with Gasteiger partial charge in [0.15, 0.2) is 5.82 Å². The Morgan fingerprint density at radius 3 is 2.31 bits per heavy atom. The number of carbonyl (C=O) groups excluding carboxylic acids is 1. The lowest BCUT2D eigenvalue weighted by Gasteiger charge is -2.49. The Kier molecular flexibility index (Phi) is 4.34. The molecule has 2 bridgehead atoms. The quantitative estimate of drug-likeness (QED) is 0.756. The van der Waals surface area contributed by atoms with Crippen LogP contribution in [0, 0.1) is 24.7 Å². The highest BCUT2D eigenvalue weighted by atomic mass is 16.5. The van der Waals surface area contributed by atoms with Crippen molar-refractivity contribution in [3.8, 4) is 0 Å². The van der Waals surface area contributed by atoms with Gasteiger partial charge < -0.3 is 19.1 Å². The molecule has 0 spiro atoms. The smallest absolute Gasteiger partial charge is 0.324 e. The first kappa shape index (κ1) is 18.1. The summed E-state index contributed by atoms with van der Waals surface area (Å²) in [6.07, 6.45) is 5.79. The minimum Gasteiger partial charge on any atom is -0.377 e. The Morgan fingerprint density at radius 2 is 1.69 bits per heavy atom. The predicted molar refractivity (Wildman–Crippen MR) is 105 cm³/mol. The van der Waals surface area contributed by atoms with Gasteiger partial charge in [-0.2, -0.15) is 4.98 Å². The van der Waals surface area contributed by atoms with E-state index < -0.39 is 0 Å². The zero-order valence-electron chi connectivity index (χ0n) is 17.2. The van der Waals surface area contributed by atoms with Crippen LogP contribution in [-0.2, 0) is 9.53 Å². The summed E-state index contributed by atoms with van der Waals surface area (Å²) in [4.78, 5) is 24.5. The van der Waals surface area contributed by atoms with E-state index in [0.717, 1.165) is 52.2 Å². The van der Waals surface area contributed by atoms with Crippen LogP contribution in [0.15, 0.2) is 4.52 Å². The average molecular weight is 402 g/mol. The van der Waals surface area contributed by atoms with Crippen LogP contribution in [0.2, 0.25) is 0 Å². The minimum atomic E-state index is 0.301. The SMILES string of the molecule is Cc1noc(N2C3COCC2CC(N2C[C@@H]4[C@H](C2)[C@H]4C(=O)N2CCCCC2)C3)n1. The zero-order valence-corrected chi connectivity index (χ0v) is 17.2. The number of fused-ring (bicyclic) bond motifs is 3. The number of aromatic nitrogens is 2. The van der Waals surface area contributed by atoms with Crippen molar-refractivity contribution >= 4 is 11.9 Å². The summed E-state index contributed by atoms with van der Waals surface area (Å²) < 4.78 is 11.3. The molecule has 2 unspecified atom stereocenters. The van der Waals surface area contributed by atoms with Gasteiger partial charge in [0.2, 0.25) is 5.91 Å². The third-order valence-corrected chi connectivity index (χ3v) is 7.92. The normalized spacial score (nSPS) is 39.5. The van der Waals surface area contributed by atoms with Gasteiger partial charge in [-0.05, 0) is 50.9 Å². The Bertz CT molecular complexity index is 752. The average Bonchev–Trinajstić information content (AvgIpc) is 3.05. The number of ether oxygens (including phenoxy) is 1. The van der Waals surface area contributed by atoms with Crippen LogP contribution < -0.4 is 4.90 Å². The molecule has 1 aromatic heterocycles. The lowest BCUT2D eigenvalue weighted by Crippen LogP contribution is -2.61. The van der Waals surface area contributed by atoms with Crippen LogP contribution in [0.5, 0.6) is 0 Å². The van der Waals surface area contributed by atoms with Gasteiger partial charge in [-0.1, -0.05) is 5.16 Å². The molecule has 0 N–H and O–H groups in total. The van der Waals surface area contributed by atoms with Crippen LogP contribution >= 0.6 is 0 Å². The van der Waals surface area contributed by atoms with Crippen molar-refractivity contribution in [2.45, 2.75) is 57.2 Å². The Balaban J connectivity index is 1.08. The number of hydrogen-bond donors (Lipinski definition) is 0. The Labute approximate surface area is 171 Å². The molecule has 0 radical (unpaired) electrons. The predicted octanol–water partition coefficient (Wildman–Crippen LogP) is 1.30. The van der Waals surface area contributed by atoms with Gasteiger partial charge in [0.05, 0.1) is 25.3 Å². The number of hydrogen-bond acceptors (Lipinski definition) is 7. The summed E-state index contributed by atoms with van der Waals surface area (Å²) in [6, 6.07) is 1.83. The van der Waals surface area contributed by atoms with E-state index in [1.54, 1.807) is 0 Å². The number of piperidine rings is 3. The summed E-state index contributed by atoms with van der Waals surface area (Å²) in [7, 11) is 0. The number of likely N-dealkylation sites (tertiary alicyclic amines) is 2. The summed E-state index contributed by atoms with van der Waals surface area (Å²) in [5.74, 6) is 2.64.